The van der Waals surface area contributed by atoms with Gasteiger partial charge in [0.1, 0.15) is 0 Å². The third-order valence-electron chi connectivity index (χ3n) is 2.56. The van der Waals surface area contributed by atoms with Crippen LogP contribution in [-0.2, 0) is 4.74 Å². The molecule has 1 N–H and O–H groups in total. The summed E-state index contributed by atoms with van der Waals surface area (Å²) in [5.41, 5.74) is 0. The van der Waals surface area contributed by atoms with E-state index in [1.165, 1.54) is 7.11 Å². The first-order valence-electron chi connectivity index (χ1n) is 4.60. The average Bonchev–Trinajstić information content (AvgIpc) is 2.03. The molecular formula is C9H16F2O2. The fourth-order valence-corrected chi connectivity index (χ4v) is 1.85. The van der Waals surface area contributed by atoms with Crippen LogP contribution in [0.15, 0.2) is 0 Å². The summed E-state index contributed by atoms with van der Waals surface area (Å²) < 4.78 is 30.5. The monoisotopic (exact) mass is 194 g/mol. The summed E-state index contributed by atoms with van der Waals surface area (Å²) in [4.78, 5) is 0. The second kappa shape index (κ2) is 4.33. The lowest BCUT2D eigenvalue weighted by Gasteiger charge is -2.31. The fourth-order valence-electron chi connectivity index (χ4n) is 1.85. The Morgan fingerprint density at radius 2 is 2.31 bits per heavy atom. The summed E-state index contributed by atoms with van der Waals surface area (Å²) >= 11 is 0. The van der Waals surface area contributed by atoms with Crippen molar-refractivity contribution in [1.29, 1.82) is 0 Å². The molecule has 0 aliphatic heterocycles. The van der Waals surface area contributed by atoms with Gasteiger partial charge in [-0.3, -0.25) is 0 Å². The molecule has 0 aromatic heterocycles. The van der Waals surface area contributed by atoms with E-state index in [4.69, 9.17) is 4.74 Å². The maximum Gasteiger partial charge on any atom is 0.248 e. The lowest BCUT2D eigenvalue weighted by atomic mass is 9.83. The highest BCUT2D eigenvalue weighted by Gasteiger charge is 2.38. The first-order valence-corrected chi connectivity index (χ1v) is 4.60. The van der Waals surface area contributed by atoms with Crippen LogP contribution >= 0.6 is 0 Å². The van der Waals surface area contributed by atoms with Crippen molar-refractivity contribution in [2.45, 2.75) is 37.7 Å². The fraction of sp³-hybridized carbons (Fsp3) is 1.00. The number of alkyl halides is 2. The van der Waals surface area contributed by atoms with Crippen molar-refractivity contribution < 1.29 is 18.6 Å². The molecule has 0 radical (unpaired) electrons. The third kappa shape index (κ3) is 3.19. The van der Waals surface area contributed by atoms with Crippen LogP contribution < -0.4 is 0 Å². The van der Waals surface area contributed by atoms with E-state index in [1.807, 2.05) is 0 Å². The lowest BCUT2D eigenvalue weighted by molar-refractivity contribution is -0.0854. The van der Waals surface area contributed by atoms with E-state index in [2.05, 4.69) is 0 Å². The minimum absolute atomic E-state index is 0.0385. The highest BCUT2D eigenvalue weighted by Crippen LogP contribution is 2.37. The van der Waals surface area contributed by atoms with Gasteiger partial charge in [-0.1, -0.05) is 0 Å². The molecule has 1 saturated carbocycles. The minimum Gasteiger partial charge on any atom is -0.390 e. The minimum atomic E-state index is -2.59. The maximum absolute atomic E-state index is 12.9. The van der Waals surface area contributed by atoms with Gasteiger partial charge in [0, 0.05) is 20.0 Å². The summed E-state index contributed by atoms with van der Waals surface area (Å²) in [7, 11) is 1.46. The molecule has 0 spiro atoms. The molecule has 0 aromatic carbocycles. The number of aliphatic hydroxyl groups is 1. The Balaban J connectivity index is 2.42. The van der Waals surface area contributed by atoms with Crippen LogP contribution in [0, 0.1) is 5.92 Å². The molecule has 4 heteroatoms. The normalized spacial score (nSPS) is 30.0. The Morgan fingerprint density at radius 3 is 2.85 bits per heavy atom. The Hall–Kier alpha value is -0.220. The largest absolute Gasteiger partial charge is 0.390 e. The van der Waals surface area contributed by atoms with Crippen molar-refractivity contribution in [2.24, 2.45) is 5.92 Å². The molecule has 2 atom stereocenters. The third-order valence-corrected chi connectivity index (χ3v) is 2.56. The molecule has 2 unspecified atom stereocenters. The molecule has 0 saturated heterocycles. The molecule has 0 heterocycles. The zero-order valence-corrected chi connectivity index (χ0v) is 7.80. The van der Waals surface area contributed by atoms with Crippen molar-refractivity contribution in [2.75, 3.05) is 13.7 Å². The van der Waals surface area contributed by atoms with Gasteiger partial charge in [0.05, 0.1) is 12.7 Å². The highest BCUT2D eigenvalue weighted by atomic mass is 19.3. The van der Waals surface area contributed by atoms with E-state index < -0.39 is 12.0 Å². The molecule has 1 aliphatic carbocycles. The number of rotatable bonds is 3. The van der Waals surface area contributed by atoms with Gasteiger partial charge in [0.25, 0.3) is 0 Å². The van der Waals surface area contributed by atoms with Crippen LogP contribution in [0.5, 0.6) is 0 Å². The standard InChI is InChI=1S/C9H16F2O2/c1-13-6-8(12)7-3-2-4-9(10,11)5-7/h7-8,12H,2-6H2,1H3. The van der Waals surface area contributed by atoms with Crippen molar-refractivity contribution in [3.05, 3.63) is 0 Å². The predicted molar refractivity (Wildman–Crippen MR) is 44.8 cm³/mol. The van der Waals surface area contributed by atoms with Crippen molar-refractivity contribution in [3.63, 3.8) is 0 Å². The van der Waals surface area contributed by atoms with Gasteiger partial charge in [-0.05, 0) is 18.8 Å². The second-order valence-corrected chi connectivity index (χ2v) is 3.74. The van der Waals surface area contributed by atoms with Gasteiger partial charge in [-0.2, -0.15) is 0 Å². The first kappa shape index (κ1) is 10.9. The Labute approximate surface area is 76.9 Å². The van der Waals surface area contributed by atoms with Gasteiger partial charge in [0.2, 0.25) is 5.92 Å². The average molecular weight is 194 g/mol. The number of hydrogen-bond acceptors (Lipinski definition) is 2. The number of halogens is 2. The molecule has 0 amide bonds. The Bertz CT molecular complexity index is 162. The molecule has 0 aromatic rings. The number of hydrogen-bond donors (Lipinski definition) is 1. The molecular weight excluding hydrogens is 178 g/mol. The van der Waals surface area contributed by atoms with Crippen LogP contribution in [0.25, 0.3) is 0 Å². The summed E-state index contributed by atoms with van der Waals surface area (Å²) in [5.74, 6) is -2.89. The van der Waals surface area contributed by atoms with Gasteiger partial charge < -0.3 is 9.84 Å². The molecule has 1 fully saturated rings. The lowest BCUT2D eigenvalue weighted by Crippen LogP contribution is -2.35. The SMILES string of the molecule is COCC(O)C1CCCC(F)(F)C1. The number of ether oxygens (including phenoxy) is 1. The van der Waals surface area contributed by atoms with Gasteiger partial charge in [-0.25, -0.2) is 8.78 Å². The van der Waals surface area contributed by atoms with Gasteiger partial charge in [0.15, 0.2) is 0 Å². The predicted octanol–water partition coefficient (Wildman–Crippen LogP) is 1.82. The van der Waals surface area contributed by atoms with Crippen LogP contribution in [-0.4, -0.2) is 30.8 Å². The summed E-state index contributed by atoms with van der Waals surface area (Å²) in [6.07, 6.45) is 0.204. The summed E-state index contributed by atoms with van der Waals surface area (Å²) in [6, 6.07) is 0. The van der Waals surface area contributed by atoms with Crippen LogP contribution in [0.3, 0.4) is 0 Å². The van der Waals surface area contributed by atoms with E-state index in [1.54, 1.807) is 0 Å². The summed E-state index contributed by atoms with van der Waals surface area (Å²) in [6.45, 7) is 0.154. The highest BCUT2D eigenvalue weighted by molar-refractivity contribution is 4.82. The number of methoxy groups -OCH3 is 1. The molecule has 1 rings (SSSR count). The van der Waals surface area contributed by atoms with Gasteiger partial charge in [-0.15, -0.1) is 0 Å². The van der Waals surface area contributed by atoms with Gasteiger partial charge >= 0.3 is 0 Å². The van der Waals surface area contributed by atoms with Crippen molar-refractivity contribution in [3.8, 4) is 0 Å². The van der Waals surface area contributed by atoms with E-state index >= 15 is 0 Å². The zero-order valence-electron chi connectivity index (χ0n) is 7.80. The van der Waals surface area contributed by atoms with E-state index in [9.17, 15) is 13.9 Å². The summed E-state index contributed by atoms with van der Waals surface area (Å²) in [5, 5.41) is 9.45. The van der Waals surface area contributed by atoms with Crippen molar-refractivity contribution in [1.82, 2.24) is 0 Å². The Morgan fingerprint density at radius 1 is 1.62 bits per heavy atom. The van der Waals surface area contributed by atoms with Crippen LogP contribution in [0.4, 0.5) is 8.78 Å². The molecule has 2 nitrogen and oxygen atoms in total. The van der Waals surface area contributed by atoms with E-state index in [-0.39, 0.29) is 25.4 Å². The molecule has 0 bridgehead atoms. The zero-order chi connectivity index (χ0) is 9.90. The smallest absolute Gasteiger partial charge is 0.248 e. The van der Waals surface area contributed by atoms with E-state index in [0.29, 0.717) is 12.8 Å². The maximum atomic E-state index is 12.9. The Kier molecular flexibility index (Phi) is 3.62. The molecule has 13 heavy (non-hydrogen) atoms. The first-order chi connectivity index (χ1) is 6.05. The second-order valence-electron chi connectivity index (χ2n) is 3.74. The van der Waals surface area contributed by atoms with E-state index in [0.717, 1.165) is 0 Å². The van der Waals surface area contributed by atoms with Crippen LogP contribution in [0.1, 0.15) is 25.7 Å². The quantitative estimate of drug-likeness (QED) is 0.742. The molecule has 1 aliphatic rings. The number of aliphatic hydroxyl groups excluding tert-OH is 1. The molecule has 78 valence electrons. The topological polar surface area (TPSA) is 29.5 Å². The van der Waals surface area contributed by atoms with Crippen molar-refractivity contribution >= 4 is 0 Å². The van der Waals surface area contributed by atoms with Crippen LogP contribution in [0.2, 0.25) is 0 Å².